The fourth-order valence-corrected chi connectivity index (χ4v) is 1.87. The third kappa shape index (κ3) is 2.69. The van der Waals surface area contributed by atoms with Crippen LogP contribution in [0.2, 0.25) is 0 Å². The molecule has 1 rings (SSSR count). The highest BCUT2D eigenvalue weighted by Gasteiger charge is 2.41. The summed E-state index contributed by atoms with van der Waals surface area (Å²) in [5.74, 6) is 0.0388. The zero-order valence-corrected chi connectivity index (χ0v) is 9.95. The predicted octanol–water partition coefficient (Wildman–Crippen LogP) is 0.751. The molecule has 4 nitrogen and oxygen atoms in total. The van der Waals surface area contributed by atoms with Crippen LogP contribution in [0.3, 0.4) is 0 Å². The number of nitrogens with two attached hydrogens (primary N) is 1. The van der Waals surface area contributed by atoms with E-state index in [2.05, 4.69) is 6.92 Å². The van der Waals surface area contributed by atoms with Crippen LogP contribution in [0.5, 0.6) is 0 Å². The first-order chi connectivity index (χ1) is 7.01. The topological polar surface area (TPSA) is 55.6 Å². The minimum Gasteiger partial charge on any atom is -0.379 e. The number of carbonyl (C=O) groups is 1. The summed E-state index contributed by atoms with van der Waals surface area (Å²) >= 11 is 0. The van der Waals surface area contributed by atoms with Gasteiger partial charge >= 0.3 is 0 Å². The minimum absolute atomic E-state index is 0.0388. The first-order valence-corrected chi connectivity index (χ1v) is 5.69. The van der Waals surface area contributed by atoms with Crippen LogP contribution in [0.15, 0.2) is 0 Å². The SMILES string of the molecule is CCCN(C(=O)C1(N)CCOC1)C(C)C. The number of carbonyl (C=O) groups excluding carboxylic acids is 1. The normalized spacial score (nSPS) is 25.9. The van der Waals surface area contributed by atoms with Gasteiger partial charge in [0, 0.05) is 19.2 Å². The van der Waals surface area contributed by atoms with Gasteiger partial charge in [0.15, 0.2) is 0 Å². The molecular weight excluding hydrogens is 192 g/mol. The maximum Gasteiger partial charge on any atom is 0.245 e. The van der Waals surface area contributed by atoms with Crippen LogP contribution in [0, 0.1) is 0 Å². The molecule has 2 N–H and O–H groups in total. The van der Waals surface area contributed by atoms with Gasteiger partial charge in [-0.1, -0.05) is 6.92 Å². The second-order valence-corrected chi connectivity index (χ2v) is 4.55. The van der Waals surface area contributed by atoms with Crippen LogP contribution >= 0.6 is 0 Å². The third-order valence-electron chi connectivity index (χ3n) is 2.83. The van der Waals surface area contributed by atoms with Crippen molar-refractivity contribution in [3.8, 4) is 0 Å². The molecule has 1 atom stereocenters. The van der Waals surface area contributed by atoms with E-state index >= 15 is 0 Å². The summed E-state index contributed by atoms with van der Waals surface area (Å²) in [6.07, 6.45) is 1.60. The quantitative estimate of drug-likeness (QED) is 0.751. The van der Waals surface area contributed by atoms with E-state index in [-0.39, 0.29) is 11.9 Å². The first kappa shape index (κ1) is 12.5. The zero-order chi connectivity index (χ0) is 11.5. The fraction of sp³-hybridized carbons (Fsp3) is 0.909. The Hall–Kier alpha value is -0.610. The Bertz CT molecular complexity index is 223. The van der Waals surface area contributed by atoms with E-state index in [9.17, 15) is 4.79 Å². The van der Waals surface area contributed by atoms with E-state index in [1.165, 1.54) is 0 Å². The van der Waals surface area contributed by atoms with Crippen LogP contribution in [0.1, 0.15) is 33.6 Å². The largest absolute Gasteiger partial charge is 0.379 e. The number of hydrogen-bond acceptors (Lipinski definition) is 3. The zero-order valence-electron chi connectivity index (χ0n) is 9.95. The van der Waals surface area contributed by atoms with Gasteiger partial charge in [-0.05, 0) is 26.7 Å². The lowest BCUT2D eigenvalue weighted by Crippen LogP contribution is -2.57. The smallest absolute Gasteiger partial charge is 0.245 e. The van der Waals surface area contributed by atoms with E-state index in [1.807, 2.05) is 18.7 Å². The van der Waals surface area contributed by atoms with E-state index in [4.69, 9.17) is 10.5 Å². The molecule has 0 aliphatic carbocycles. The molecule has 1 heterocycles. The second kappa shape index (κ2) is 4.94. The molecule has 1 amide bonds. The number of nitrogens with zero attached hydrogens (tertiary/aromatic N) is 1. The lowest BCUT2D eigenvalue weighted by atomic mass is 9.97. The van der Waals surface area contributed by atoms with Crippen molar-refractivity contribution in [2.45, 2.75) is 45.2 Å². The molecule has 0 aromatic heterocycles. The van der Waals surface area contributed by atoms with Crippen molar-refractivity contribution in [2.24, 2.45) is 5.73 Å². The lowest BCUT2D eigenvalue weighted by Gasteiger charge is -2.33. The van der Waals surface area contributed by atoms with Gasteiger partial charge in [0.1, 0.15) is 5.54 Å². The van der Waals surface area contributed by atoms with E-state index < -0.39 is 5.54 Å². The average Bonchev–Trinajstić information content (AvgIpc) is 2.61. The number of ether oxygens (including phenoxy) is 1. The molecule has 0 radical (unpaired) electrons. The Balaban J connectivity index is 2.70. The summed E-state index contributed by atoms with van der Waals surface area (Å²) in [6, 6.07) is 0.207. The van der Waals surface area contributed by atoms with E-state index in [0.717, 1.165) is 13.0 Å². The summed E-state index contributed by atoms with van der Waals surface area (Å²) in [4.78, 5) is 14.1. The van der Waals surface area contributed by atoms with E-state index in [0.29, 0.717) is 19.6 Å². The first-order valence-electron chi connectivity index (χ1n) is 5.69. The fourth-order valence-electron chi connectivity index (χ4n) is 1.87. The summed E-state index contributed by atoms with van der Waals surface area (Å²) < 4.78 is 5.22. The van der Waals surface area contributed by atoms with Crippen LogP contribution < -0.4 is 5.73 Å². The number of rotatable bonds is 4. The highest BCUT2D eigenvalue weighted by Crippen LogP contribution is 2.19. The van der Waals surface area contributed by atoms with Crippen molar-refractivity contribution < 1.29 is 9.53 Å². The summed E-state index contributed by atoms with van der Waals surface area (Å²) in [5, 5.41) is 0. The van der Waals surface area contributed by atoms with Gasteiger partial charge in [-0.25, -0.2) is 0 Å². The Morgan fingerprint density at radius 3 is 2.67 bits per heavy atom. The van der Waals surface area contributed by atoms with E-state index in [1.54, 1.807) is 0 Å². The predicted molar refractivity (Wildman–Crippen MR) is 59.5 cm³/mol. The van der Waals surface area contributed by atoms with Crippen molar-refractivity contribution in [1.82, 2.24) is 4.90 Å². The van der Waals surface area contributed by atoms with Gasteiger partial charge in [0.2, 0.25) is 5.91 Å². The summed E-state index contributed by atoms with van der Waals surface area (Å²) in [6.45, 7) is 7.84. The maximum absolute atomic E-state index is 12.2. The number of amides is 1. The van der Waals surface area contributed by atoms with Gasteiger partial charge in [-0.15, -0.1) is 0 Å². The Kier molecular flexibility index (Phi) is 4.11. The van der Waals surface area contributed by atoms with Crippen molar-refractivity contribution in [3.63, 3.8) is 0 Å². The van der Waals surface area contributed by atoms with Gasteiger partial charge < -0.3 is 15.4 Å². The molecule has 1 fully saturated rings. The molecule has 0 aromatic carbocycles. The molecule has 4 heteroatoms. The van der Waals surface area contributed by atoms with Crippen molar-refractivity contribution in [2.75, 3.05) is 19.8 Å². The molecule has 1 aliphatic rings. The van der Waals surface area contributed by atoms with Gasteiger partial charge in [-0.2, -0.15) is 0 Å². The van der Waals surface area contributed by atoms with Crippen molar-refractivity contribution in [1.29, 1.82) is 0 Å². The Morgan fingerprint density at radius 2 is 2.27 bits per heavy atom. The second-order valence-electron chi connectivity index (χ2n) is 4.55. The Morgan fingerprint density at radius 1 is 1.60 bits per heavy atom. The van der Waals surface area contributed by atoms with Gasteiger partial charge in [-0.3, -0.25) is 4.79 Å². The summed E-state index contributed by atoms with van der Waals surface area (Å²) in [7, 11) is 0. The molecule has 15 heavy (non-hydrogen) atoms. The minimum atomic E-state index is -0.778. The molecule has 1 aliphatic heterocycles. The molecular formula is C11H22N2O2. The summed E-state index contributed by atoms with van der Waals surface area (Å²) in [5.41, 5.74) is 5.28. The third-order valence-corrected chi connectivity index (χ3v) is 2.83. The molecule has 1 saturated heterocycles. The standard InChI is InChI=1S/C11H22N2O2/c1-4-6-13(9(2)3)10(14)11(12)5-7-15-8-11/h9H,4-8,12H2,1-3H3. The number of hydrogen-bond donors (Lipinski definition) is 1. The lowest BCUT2D eigenvalue weighted by molar-refractivity contribution is -0.138. The van der Waals surface area contributed by atoms with Crippen LogP contribution in [-0.4, -0.2) is 42.1 Å². The van der Waals surface area contributed by atoms with Gasteiger partial charge in [0.25, 0.3) is 0 Å². The van der Waals surface area contributed by atoms with Crippen molar-refractivity contribution >= 4 is 5.91 Å². The Labute approximate surface area is 91.8 Å². The van der Waals surface area contributed by atoms with Crippen LogP contribution in [0.4, 0.5) is 0 Å². The van der Waals surface area contributed by atoms with Crippen molar-refractivity contribution in [3.05, 3.63) is 0 Å². The molecule has 0 bridgehead atoms. The maximum atomic E-state index is 12.2. The molecule has 1 unspecified atom stereocenters. The molecule has 0 saturated carbocycles. The highest BCUT2D eigenvalue weighted by atomic mass is 16.5. The van der Waals surface area contributed by atoms with Crippen LogP contribution in [-0.2, 0) is 9.53 Å². The highest BCUT2D eigenvalue weighted by molar-refractivity contribution is 5.86. The van der Waals surface area contributed by atoms with Gasteiger partial charge in [0.05, 0.1) is 6.61 Å². The van der Waals surface area contributed by atoms with Crippen LogP contribution in [0.25, 0.3) is 0 Å². The molecule has 0 spiro atoms. The monoisotopic (exact) mass is 214 g/mol. The molecule has 88 valence electrons. The average molecular weight is 214 g/mol. The molecule has 0 aromatic rings.